The van der Waals surface area contributed by atoms with Gasteiger partial charge in [0.15, 0.2) is 0 Å². The predicted octanol–water partition coefficient (Wildman–Crippen LogP) is 2.31. The fraction of sp³-hybridized carbons (Fsp3) is 0.200. The van der Waals surface area contributed by atoms with Crippen molar-refractivity contribution in [2.24, 2.45) is 11.8 Å². The largest absolute Gasteiger partial charge is 0.273 e. The smallest absolute Gasteiger partial charge is 0.241 e. The van der Waals surface area contributed by atoms with Gasteiger partial charge in [-0.3, -0.25) is 9.59 Å². The van der Waals surface area contributed by atoms with E-state index in [1.165, 1.54) is 4.90 Å². The SMILES string of the molecule is CC1=CC2C(=O)N(c3ccccc3)C(=O)C2C=C1. The van der Waals surface area contributed by atoms with Gasteiger partial charge in [-0.1, -0.05) is 42.0 Å². The van der Waals surface area contributed by atoms with Crippen LogP contribution in [0.5, 0.6) is 0 Å². The molecule has 0 aromatic heterocycles. The molecule has 1 saturated heterocycles. The number of rotatable bonds is 1. The molecule has 2 unspecified atom stereocenters. The Morgan fingerprint density at radius 2 is 1.67 bits per heavy atom. The number of anilines is 1. The number of hydrogen-bond donors (Lipinski definition) is 0. The van der Waals surface area contributed by atoms with Gasteiger partial charge in [0.1, 0.15) is 0 Å². The highest BCUT2D eigenvalue weighted by Gasteiger charge is 2.46. The summed E-state index contributed by atoms with van der Waals surface area (Å²) in [5.41, 5.74) is 1.69. The maximum Gasteiger partial charge on any atom is 0.241 e. The average molecular weight is 239 g/mol. The third kappa shape index (κ3) is 1.51. The fourth-order valence-electron chi connectivity index (χ4n) is 2.52. The average Bonchev–Trinajstić information content (AvgIpc) is 2.63. The van der Waals surface area contributed by atoms with Crippen LogP contribution in [0.25, 0.3) is 0 Å². The lowest BCUT2D eigenvalue weighted by atomic mass is 9.88. The van der Waals surface area contributed by atoms with Gasteiger partial charge in [-0.25, -0.2) is 4.90 Å². The zero-order valence-corrected chi connectivity index (χ0v) is 10.0. The van der Waals surface area contributed by atoms with Gasteiger partial charge in [0, 0.05) is 0 Å². The number of benzene rings is 1. The van der Waals surface area contributed by atoms with Crippen molar-refractivity contribution in [1.29, 1.82) is 0 Å². The summed E-state index contributed by atoms with van der Waals surface area (Å²) >= 11 is 0. The first-order chi connectivity index (χ1) is 8.68. The summed E-state index contributed by atoms with van der Waals surface area (Å²) < 4.78 is 0. The van der Waals surface area contributed by atoms with E-state index in [2.05, 4.69) is 0 Å². The first-order valence-corrected chi connectivity index (χ1v) is 5.98. The number of para-hydroxylation sites is 1. The van der Waals surface area contributed by atoms with Crippen LogP contribution in [0.3, 0.4) is 0 Å². The van der Waals surface area contributed by atoms with Gasteiger partial charge in [-0.05, 0) is 19.1 Å². The Balaban J connectivity index is 2.02. The second-order valence-corrected chi connectivity index (χ2v) is 4.67. The minimum atomic E-state index is -0.332. The van der Waals surface area contributed by atoms with Crippen LogP contribution in [-0.2, 0) is 9.59 Å². The molecule has 1 aromatic rings. The summed E-state index contributed by atoms with van der Waals surface area (Å²) in [6.07, 6.45) is 5.62. The van der Waals surface area contributed by atoms with E-state index >= 15 is 0 Å². The van der Waals surface area contributed by atoms with Gasteiger partial charge in [-0.15, -0.1) is 0 Å². The minimum absolute atomic E-state index is 0.125. The van der Waals surface area contributed by atoms with Crippen LogP contribution in [0.4, 0.5) is 5.69 Å². The van der Waals surface area contributed by atoms with Crippen LogP contribution >= 0.6 is 0 Å². The summed E-state index contributed by atoms with van der Waals surface area (Å²) in [7, 11) is 0. The van der Waals surface area contributed by atoms with E-state index in [0.29, 0.717) is 5.69 Å². The highest BCUT2D eigenvalue weighted by atomic mass is 16.2. The molecule has 2 atom stereocenters. The van der Waals surface area contributed by atoms with E-state index in [1.54, 1.807) is 12.1 Å². The van der Waals surface area contributed by atoms with E-state index in [9.17, 15) is 9.59 Å². The zero-order valence-electron chi connectivity index (χ0n) is 10.0. The van der Waals surface area contributed by atoms with Crippen molar-refractivity contribution in [1.82, 2.24) is 0 Å². The summed E-state index contributed by atoms with van der Waals surface area (Å²) in [4.78, 5) is 25.9. The van der Waals surface area contributed by atoms with Crippen molar-refractivity contribution in [2.45, 2.75) is 6.92 Å². The molecule has 2 aliphatic rings. The molecular formula is C15H13NO2. The van der Waals surface area contributed by atoms with E-state index < -0.39 is 0 Å². The topological polar surface area (TPSA) is 37.4 Å². The predicted molar refractivity (Wildman–Crippen MR) is 68.8 cm³/mol. The molecule has 90 valence electrons. The molecule has 0 bridgehead atoms. The molecule has 0 saturated carbocycles. The lowest BCUT2D eigenvalue weighted by molar-refractivity contribution is -0.122. The van der Waals surface area contributed by atoms with Crippen LogP contribution < -0.4 is 4.90 Å². The van der Waals surface area contributed by atoms with Gasteiger partial charge < -0.3 is 0 Å². The summed E-state index contributed by atoms with van der Waals surface area (Å²) in [6.45, 7) is 1.94. The van der Waals surface area contributed by atoms with Crippen molar-refractivity contribution < 1.29 is 9.59 Å². The maximum atomic E-state index is 12.3. The van der Waals surface area contributed by atoms with E-state index in [4.69, 9.17) is 0 Å². The minimum Gasteiger partial charge on any atom is -0.273 e. The van der Waals surface area contributed by atoms with Gasteiger partial charge in [0.05, 0.1) is 17.5 Å². The fourth-order valence-corrected chi connectivity index (χ4v) is 2.52. The summed E-state index contributed by atoms with van der Waals surface area (Å²) in [5.74, 6) is -0.916. The highest BCUT2D eigenvalue weighted by molar-refractivity contribution is 6.23. The number of allylic oxidation sites excluding steroid dienone is 2. The number of hydrogen-bond acceptors (Lipinski definition) is 2. The molecule has 1 aliphatic carbocycles. The molecule has 1 heterocycles. The molecule has 3 rings (SSSR count). The van der Waals surface area contributed by atoms with Crippen LogP contribution in [0.15, 0.2) is 54.1 Å². The van der Waals surface area contributed by atoms with Gasteiger partial charge in [0.2, 0.25) is 11.8 Å². The molecule has 2 amide bonds. The van der Waals surface area contributed by atoms with Crippen LogP contribution in [0.2, 0.25) is 0 Å². The Morgan fingerprint density at radius 3 is 2.39 bits per heavy atom. The molecule has 0 N–H and O–H groups in total. The quantitative estimate of drug-likeness (QED) is 0.705. The van der Waals surface area contributed by atoms with Crippen molar-refractivity contribution in [3.05, 3.63) is 54.1 Å². The number of carbonyl (C=O) groups excluding carboxylic acids is 2. The lowest BCUT2D eigenvalue weighted by Gasteiger charge is -2.13. The monoisotopic (exact) mass is 239 g/mol. The molecule has 1 aliphatic heterocycles. The molecule has 1 aromatic carbocycles. The first-order valence-electron chi connectivity index (χ1n) is 5.98. The molecule has 3 nitrogen and oxygen atoms in total. The highest BCUT2D eigenvalue weighted by Crippen LogP contribution is 2.35. The number of imide groups is 1. The second-order valence-electron chi connectivity index (χ2n) is 4.67. The van der Waals surface area contributed by atoms with E-state index in [1.807, 2.05) is 43.4 Å². The Labute approximate surface area is 105 Å². The second kappa shape index (κ2) is 3.95. The summed E-state index contributed by atoms with van der Waals surface area (Å²) in [5, 5.41) is 0. The Hall–Kier alpha value is -2.16. The molecule has 0 radical (unpaired) electrons. The van der Waals surface area contributed by atoms with E-state index in [0.717, 1.165) is 5.57 Å². The van der Waals surface area contributed by atoms with Gasteiger partial charge in [-0.2, -0.15) is 0 Å². The number of amides is 2. The Bertz CT molecular complexity index is 571. The van der Waals surface area contributed by atoms with Crippen molar-refractivity contribution in [3.63, 3.8) is 0 Å². The van der Waals surface area contributed by atoms with E-state index in [-0.39, 0.29) is 23.7 Å². The zero-order chi connectivity index (χ0) is 12.7. The molecule has 18 heavy (non-hydrogen) atoms. The molecular weight excluding hydrogens is 226 g/mol. The van der Waals surface area contributed by atoms with Crippen LogP contribution in [0, 0.1) is 11.8 Å². The summed E-state index contributed by atoms with van der Waals surface area (Å²) in [6, 6.07) is 9.09. The number of nitrogens with zero attached hydrogens (tertiary/aromatic N) is 1. The van der Waals surface area contributed by atoms with Gasteiger partial charge >= 0.3 is 0 Å². The van der Waals surface area contributed by atoms with Gasteiger partial charge in [0.25, 0.3) is 0 Å². The standard InChI is InChI=1S/C15H13NO2/c1-10-7-8-12-13(9-10)15(18)16(14(12)17)11-5-3-2-4-6-11/h2-9,12-13H,1H3. The Morgan fingerprint density at radius 1 is 1.00 bits per heavy atom. The van der Waals surface area contributed by atoms with Crippen LogP contribution in [-0.4, -0.2) is 11.8 Å². The number of fused-ring (bicyclic) bond motifs is 1. The molecule has 1 fully saturated rings. The normalized spacial score (nSPS) is 26.3. The number of carbonyl (C=O) groups is 2. The Kier molecular flexibility index (Phi) is 2.40. The molecule has 0 spiro atoms. The third-order valence-electron chi connectivity index (χ3n) is 3.42. The third-order valence-corrected chi connectivity index (χ3v) is 3.42. The van der Waals surface area contributed by atoms with Crippen molar-refractivity contribution in [3.8, 4) is 0 Å². The van der Waals surface area contributed by atoms with Crippen molar-refractivity contribution >= 4 is 17.5 Å². The molecule has 3 heteroatoms. The maximum absolute atomic E-state index is 12.3. The van der Waals surface area contributed by atoms with Crippen molar-refractivity contribution in [2.75, 3.05) is 4.90 Å². The first kappa shape index (κ1) is 11.0. The van der Waals surface area contributed by atoms with Crippen LogP contribution in [0.1, 0.15) is 6.92 Å². The lowest BCUT2D eigenvalue weighted by Crippen LogP contribution is -2.30.